The van der Waals surface area contributed by atoms with Crippen molar-refractivity contribution in [2.45, 2.75) is 13.0 Å². The van der Waals surface area contributed by atoms with E-state index < -0.39 is 12.1 Å². The van der Waals surface area contributed by atoms with Crippen LogP contribution in [0.5, 0.6) is 0 Å². The highest BCUT2D eigenvalue weighted by atomic mass is 127. The van der Waals surface area contributed by atoms with Gasteiger partial charge in [-0.3, -0.25) is 4.79 Å². The number of anilines is 1. The fourth-order valence-corrected chi connectivity index (χ4v) is 1.39. The summed E-state index contributed by atoms with van der Waals surface area (Å²) in [5, 5.41) is 13.1. The molecule has 6 heteroatoms. The fraction of sp³-hybridized carbons (Fsp3) is 0.200. The number of benzene rings is 1. The van der Waals surface area contributed by atoms with E-state index in [1.807, 2.05) is 12.1 Å². The highest BCUT2D eigenvalue weighted by Gasteiger charge is 2.14. The van der Waals surface area contributed by atoms with E-state index in [0.29, 0.717) is 5.69 Å². The molecule has 0 saturated carbocycles. The van der Waals surface area contributed by atoms with Gasteiger partial charge in [0.15, 0.2) is 0 Å². The number of halogens is 1. The van der Waals surface area contributed by atoms with Gasteiger partial charge >= 0.3 is 6.09 Å². The van der Waals surface area contributed by atoms with Crippen LogP contribution in [0.2, 0.25) is 0 Å². The molecule has 0 aliphatic carbocycles. The van der Waals surface area contributed by atoms with E-state index in [2.05, 4.69) is 33.2 Å². The second kappa shape index (κ2) is 5.69. The summed E-state index contributed by atoms with van der Waals surface area (Å²) in [7, 11) is 0. The van der Waals surface area contributed by atoms with Crippen LogP contribution in [-0.2, 0) is 4.79 Å². The third-order valence-corrected chi connectivity index (χ3v) is 2.56. The summed E-state index contributed by atoms with van der Waals surface area (Å²) in [6.45, 7) is 1.48. The van der Waals surface area contributed by atoms with Crippen LogP contribution < -0.4 is 10.6 Å². The summed E-state index contributed by atoms with van der Waals surface area (Å²) in [6.07, 6.45) is -1.22. The SMILES string of the molecule is C[C@@H](NC(=O)O)C(=O)Nc1ccc(I)cc1. The molecule has 86 valence electrons. The second-order valence-electron chi connectivity index (χ2n) is 3.17. The van der Waals surface area contributed by atoms with Crippen LogP contribution in [0, 0.1) is 3.57 Å². The maximum atomic E-state index is 11.5. The Morgan fingerprint density at radius 1 is 1.31 bits per heavy atom. The Kier molecular flexibility index (Phi) is 4.53. The molecule has 1 atom stereocenters. The first-order chi connectivity index (χ1) is 7.49. The summed E-state index contributed by atoms with van der Waals surface area (Å²) in [4.78, 5) is 21.8. The summed E-state index contributed by atoms with van der Waals surface area (Å²) >= 11 is 2.16. The quantitative estimate of drug-likeness (QED) is 0.739. The van der Waals surface area contributed by atoms with E-state index in [1.165, 1.54) is 6.92 Å². The zero-order valence-corrected chi connectivity index (χ0v) is 10.7. The molecule has 0 fully saturated rings. The Hall–Kier alpha value is -1.31. The van der Waals surface area contributed by atoms with Gasteiger partial charge in [-0.2, -0.15) is 0 Å². The van der Waals surface area contributed by atoms with Crippen LogP contribution in [0.25, 0.3) is 0 Å². The molecule has 0 aliphatic heterocycles. The molecule has 1 aromatic carbocycles. The zero-order valence-electron chi connectivity index (χ0n) is 8.53. The van der Waals surface area contributed by atoms with Crippen molar-refractivity contribution in [2.75, 3.05) is 5.32 Å². The minimum absolute atomic E-state index is 0.386. The van der Waals surface area contributed by atoms with E-state index in [1.54, 1.807) is 12.1 Å². The molecule has 0 bridgehead atoms. The first-order valence-electron chi connectivity index (χ1n) is 4.55. The van der Waals surface area contributed by atoms with Gasteiger partial charge in [-0.25, -0.2) is 4.79 Å². The lowest BCUT2D eigenvalue weighted by atomic mass is 10.3. The lowest BCUT2D eigenvalue weighted by molar-refractivity contribution is -0.117. The van der Waals surface area contributed by atoms with Crippen molar-refractivity contribution in [2.24, 2.45) is 0 Å². The highest BCUT2D eigenvalue weighted by molar-refractivity contribution is 14.1. The van der Waals surface area contributed by atoms with E-state index >= 15 is 0 Å². The van der Waals surface area contributed by atoms with Crippen molar-refractivity contribution in [3.8, 4) is 0 Å². The predicted molar refractivity (Wildman–Crippen MR) is 68.4 cm³/mol. The molecule has 16 heavy (non-hydrogen) atoms. The highest BCUT2D eigenvalue weighted by Crippen LogP contribution is 2.11. The molecule has 1 aromatic rings. The lowest BCUT2D eigenvalue weighted by Gasteiger charge is -2.11. The summed E-state index contributed by atoms with van der Waals surface area (Å²) in [6, 6.07) is 6.44. The first kappa shape index (κ1) is 12.8. The minimum atomic E-state index is -1.22. The predicted octanol–water partition coefficient (Wildman–Crippen LogP) is 1.89. The third-order valence-electron chi connectivity index (χ3n) is 1.85. The molecular formula is C10H11IN2O3. The molecule has 0 aliphatic rings. The first-order valence-corrected chi connectivity index (χ1v) is 5.63. The van der Waals surface area contributed by atoms with Crippen LogP contribution in [0.4, 0.5) is 10.5 Å². The number of hydrogen-bond donors (Lipinski definition) is 3. The van der Waals surface area contributed by atoms with Gasteiger partial charge in [-0.05, 0) is 53.8 Å². The van der Waals surface area contributed by atoms with Gasteiger partial charge in [0.25, 0.3) is 0 Å². The third kappa shape index (κ3) is 4.05. The molecule has 5 nitrogen and oxygen atoms in total. The van der Waals surface area contributed by atoms with Gasteiger partial charge in [0, 0.05) is 9.26 Å². The number of amides is 2. The largest absolute Gasteiger partial charge is 0.465 e. The molecule has 0 aromatic heterocycles. The maximum Gasteiger partial charge on any atom is 0.405 e. The number of carbonyl (C=O) groups is 2. The van der Waals surface area contributed by atoms with Crippen molar-refractivity contribution < 1.29 is 14.7 Å². The van der Waals surface area contributed by atoms with E-state index in [9.17, 15) is 9.59 Å². The normalized spacial score (nSPS) is 11.6. The second-order valence-corrected chi connectivity index (χ2v) is 4.41. The Labute approximate surface area is 106 Å². The van der Waals surface area contributed by atoms with Crippen molar-refractivity contribution in [1.82, 2.24) is 5.32 Å². The molecule has 3 N–H and O–H groups in total. The minimum Gasteiger partial charge on any atom is -0.465 e. The molecule has 0 unspecified atom stereocenters. The van der Waals surface area contributed by atoms with Crippen molar-refractivity contribution in [1.29, 1.82) is 0 Å². The van der Waals surface area contributed by atoms with Gasteiger partial charge in [-0.1, -0.05) is 0 Å². The Balaban J connectivity index is 2.57. The van der Waals surface area contributed by atoms with Gasteiger partial charge in [-0.15, -0.1) is 0 Å². The van der Waals surface area contributed by atoms with Crippen LogP contribution in [0.1, 0.15) is 6.92 Å². The lowest BCUT2D eigenvalue weighted by Crippen LogP contribution is -2.40. The average molecular weight is 334 g/mol. The average Bonchev–Trinajstić information content (AvgIpc) is 2.20. The number of rotatable bonds is 3. The monoisotopic (exact) mass is 334 g/mol. The Bertz CT molecular complexity index is 392. The van der Waals surface area contributed by atoms with Crippen LogP contribution >= 0.6 is 22.6 Å². The summed E-state index contributed by atoms with van der Waals surface area (Å²) in [5.41, 5.74) is 0.643. The van der Waals surface area contributed by atoms with Crippen molar-refractivity contribution in [3.63, 3.8) is 0 Å². The Morgan fingerprint density at radius 3 is 2.38 bits per heavy atom. The molecule has 2 amide bonds. The number of nitrogens with one attached hydrogen (secondary N) is 2. The number of carbonyl (C=O) groups excluding carboxylic acids is 1. The number of hydrogen-bond acceptors (Lipinski definition) is 2. The van der Waals surface area contributed by atoms with Crippen molar-refractivity contribution >= 4 is 40.3 Å². The molecule has 0 spiro atoms. The molecular weight excluding hydrogens is 323 g/mol. The smallest absolute Gasteiger partial charge is 0.405 e. The summed E-state index contributed by atoms with van der Waals surface area (Å²) < 4.78 is 1.06. The molecule has 0 radical (unpaired) electrons. The zero-order chi connectivity index (χ0) is 12.1. The molecule has 1 rings (SSSR count). The van der Waals surface area contributed by atoms with Gasteiger partial charge in [0.2, 0.25) is 5.91 Å². The van der Waals surface area contributed by atoms with Gasteiger partial charge < -0.3 is 15.7 Å². The van der Waals surface area contributed by atoms with E-state index in [-0.39, 0.29) is 5.91 Å². The van der Waals surface area contributed by atoms with Gasteiger partial charge in [0.1, 0.15) is 6.04 Å². The number of carboxylic acid groups (broad SMARTS) is 1. The van der Waals surface area contributed by atoms with Crippen LogP contribution in [0.15, 0.2) is 24.3 Å². The van der Waals surface area contributed by atoms with Gasteiger partial charge in [0.05, 0.1) is 0 Å². The maximum absolute atomic E-state index is 11.5. The van der Waals surface area contributed by atoms with Crippen molar-refractivity contribution in [3.05, 3.63) is 27.8 Å². The fourth-order valence-electron chi connectivity index (χ4n) is 1.03. The van der Waals surface area contributed by atoms with Crippen LogP contribution in [-0.4, -0.2) is 23.1 Å². The standard InChI is InChI=1S/C10H11IN2O3/c1-6(12-10(15)16)9(14)13-8-4-2-7(11)3-5-8/h2-6,12H,1H3,(H,13,14)(H,15,16)/t6-/m1/s1. The topological polar surface area (TPSA) is 78.4 Å². The Morgan fingerprint density at radius 2 is 1.88 bits per heavy atom. The van der Waals surface area contributed by atoms with E-state index in [4.69, 9.17) is 5.11 Å². The molecule has 0 heterocycles. The summed E-state index contributed by atoms with van der Waals surface area (Å²) in [5.74, 6) is -0.386. The van der Waals surface area contributed by atoms with E-state index in [0.717, 1.165) is 3.57 Å². The van der Waals surface area contributed by atoms with Crippen LogP contribution in [0.3, 0.4) is 0 Å². The molecule has 0 saturated heterocycles.